The number of pyridine rings is 2. The predicted octanol–water partition coefficient (Wildman–Crippen LogP) is 4.23. The Balaban J connectivity index is 1.90. The molecule has 0 bridgehead atoms. The highest BCUT2D eigenvalue weighted by Gasteiger charge is 2.14. The first-order valence-corrected chi connectivity index (χ1v) is 8.85. The predicted molar refractivity (Wildman–Crippen MR) is 113 cm³/mol. The average molecular weight is 372 g/mol. The van der Waals surface area contributed by atoms with Crippen molar-refractivity contribution in [3.63, 3.8) is 0 Å². The van der Waals surface area contributed by atoms with E-state index in [1.807, 2.05) is 43.3 Å². The quantitative estimate of drug-likeness (QED) is 0.498. The maximum Gasteiger partial charge on any atom is 0.257 e. The standard InChI is InChI=1S/C22H20N4O2/c1-13-11-18(14-3-8-19(23)25-12-14)17-9-10-24-22(27)20(17)21(13)26-15-4-6-16(28-2)7-5-15/h3-12,26H,1-2H3,(H2,23,25)(H,24,27). The molecular formula is C22H20N4O2. The molecule has 2 aromatic heterocycles. The van der Waals surface area contributed by atoms with Crippen LogP contribution in [0.25, 0.3) is 21.9 Å². The summed E-state index contributed by atoms with van der Waals surface area (Å²) >= 11 is 0. The van der Waals surface area contributed by atoms with Crippen LogP contribution in [0.3, 0.4) is 0 Å². The minimum Gasteiger partial charge on any atom is -0.497 e. The van der Waals surface area contributed by atoms with E-state index >= 15 is 0 Å². The Morgan fingerprint density at radius 1 is 1.11 bits per heavy atom. The Morgan fingerprint density at radius 2 is 1.89 bits per heavy atom. The molecule has 2 aromatic carbocycles. The van der Waals surface area contributed by atoms with Gasteiger partial charge in [0, 0.05) is 23.6 Å². The second kappa shape index (κ2) is 7.08. The minimum atomic E-state index is -0.151. The van der Waals surface area contributed by atoms with E-state index in [1.54, 1.807) is 25.6 Å². The SMILES string of the molecule is COc1ccc(Nc2c(C)cc(-c3ccc(N)nc3)c3cc[nH]c(=O)c23)cc1. The van der Waals surface area contributed by atoms with Crippen molar-refractivity contribution in [3.8, 4) is 16.9 Å². The minimum absolute atomic E-state index is 0.151. The van der Waals surface area contributed by atoms with Crippen LogP contribution in [0.1, 0.15) is 5.56 Å². The van der Waals surface area contributed by atoms with Gasteiger partial charge in [0.25, 0.3) is 5.56 Å². The zero-order valence-electron chi connectivity index (χ0n) is 15.6. The van der Waals surface area contributed by atoms with Gasteiger partial charge in [0.1, 0.15) is 11.6 Å². The largest absolute Gasteiger partial charge is 0.497 e. The summed E-state index contributed by atoms with van der Waals surface area (Å²) in [7, 11) is 1.63. The molecule has 4 rings (SSSR count). The average Bonchev–Trinajstić information content (AvgIpc) is 2.71. The lowest BCUT2D eigenvalue weighted by atomic mass is 9.96. The normalized spacial score (nSPS) is 10.8. The number of fused-ring (bicyclic) bond motifs is 1. The fourth-order valence-electron chi connectivity index (χ4n) is 3.30. The van der Waals surface area contributed by atoms with E-state index in [4.69, 9.17) is 10.5 Å². The molecule has 0 saturated carbocycles. The maximum atomic E-state index is 12.7. The number of aromatic nitrogens is 2. The Bertz CT molecular complexity index is 1200. The summed E-state index contributed by atoms with van der Waals surface area (Å²) in [4.78, 5) is 19.7. The van der Waals surface area contributed by atoms with Crippen LogP contribution >= 0.6 is 0 Å². The number of nitrogens with zero attached hydrogens (tertiary/aromatic N) is 1. The number of hydrogen-bond acceptors (Lipinski definition) is 5. The first-order chi connectivity index (χ1) is 13.6. The Kier molecular flexibility index (Phi) is 4.45. The lowest BCUT2D eigenvalue weighted by Crippen LogP contribution is -2.09. The van der Waals surface area contributed by atoms with Gasteiger partial charge in [0.05, 0.1) is 18.2 Å². The van der Waals surface area contributed by atoms with Crippen LogP contribution < -0.4 is 21.3 Å². The van der Waals surface area contributed by atoms with Crippen molar-refractivity contribution in [1.82, 2.24) is 9.97 Å². The van der Waals surface area contributed by atoms with Crippen molar-refractivity contribution in [3.05, 3.63) is 76.8 Å². The number of rotatable bonds is 4. The highest BCUT2D eigenvalue weighted by molar-refractivity contribution is 6.05. The summed E-state index contributed by atoms with van der Waals surface area (Å²) in [6.07, 6.45) is 3.38. The van der Waals surface area contributed by atoms with E-state index < -0.39 is 0 Å². The third kappa shape index (κ3) is 3.16. The molecule has 0 aliphatic rings. The van der Waals surface area contributed by atoms with Gasteiger partial charge in [-0.3, -0.25) is 4.79 Å². The maximum absolute atomic E-state index is 12.7. The number of nitrogens with two attached hydrogens (primary N) is 1. The van der Waals surface area contributed by atoms with E-state index in [1.165, 1.54) is 0 Å². The van der Waals surface area contributed by atoms with Gasteiger partial charge in [-0.15, -0.1) is 0 Å². The Labute approximate surface area is 162 Å². The van der Waals surface area contributed by atoms with Crippen molar-refractivity contribution < 1.29 is 4.74 Å². The van der Waals surface area contributed by atoms with Gasteiger partial charge in [-0.1, -0.05) is 0 Å². The molecule has 0 amide bonds. The summed E-state index contributed by atoms with van der Waals surface area (Å²) < 4.78 is 5.21. The number of H-pyrrole nitrogens is 1. The molecule has 4 aromatic rings. The second-order valence-electron chi connectivity index (χ2n) is 6.54. The van der Waals surface area contributed by atoms with Crippen LogP contribution in [0.4, 0.5) is 17.2 Å². The van der Waals surface area contributed by atoms with Crippen molar-refractivity contribution in [2.75, 3.05) is 18.2 Å². The number of ether oxygens (including phenoxy) is 1. The van der Waals surface area contributed by atoms with Crippen molar-refractivity contribution in [2.24, 2.45) is 0 Å². The number of benzene rings is 2. The van der Waals surface area contributed by atoms with Crippen LogP contribution in [-0.2, 0) is 0 Å². The summed E-state index contributed by atoms with van der Waals surface area (Å²) in [5.74, 6) is 1.23. The number of aromatic amines is 1. The van der Waals surface area contributed by atoms with Crippen LogP contribution in [-0.4, -0.2) is 17.1 Å². The molecule has 0 unspecified atom stereocenters. The van der Waals surface area contributed by atoms with Crippen molar-refractivity contribution in [2.45, 2.75) is 6.92 Å². The van der Waals surface area contributed by atoms with Gasteiger partial charge in [-0.05, 0) is 72.0 Å². The summed E-state index contributed by atoms with van der Waals surface area (Å²) in [6.45, 7) is 1.98. The van der Waals surface area contributed by atoms with Gasteiger partial charge in [0.2, 0.25) is 0 Å². The van der Waals surface area contributed by atoms with Gasteiger partial charge in [-0.25, -0.2) is 4.98 Å². The molecule has 6 heteroatoms. The first kappa shape index (κ1) is 17.6. The van der Waals surface area contributed by atoms with E-state index in [0.717, 1.165) is 39.2 Å². The number of methoxy groups -OCH3 is 1. The zero-order chi connectivity index (χ0) is 19.7. The molecule has 2 heterocycles. The molecular weight excluding hydrogens is 352 g/mol. The lowest BCUT2D eigenvalue weighted by Gasteiger charge is -2.16. The molecule has 28 heavy (non-hydrogen) atoms. The third-order valence-electron chi connectivity index (χ3n) is 4.71. The van der Waals surface area contributed by atoms with E-state index in [2.05, 4.69) is 21.4 Å². The molecule has 0 aliphatic heterocycles. The molecule has 0 fully saturated rings. The highest BCUT2D eigenvalue weighted by atomic mass is 16.5. The fraction of sp³-hybridized carbons (Fsp3) is 0.0909. The third-order valence-corrected chi connectivity index (χ3v) is 4.71. The molecule has 4 N–H and O–H groups in total. The van der Waals surface area contributed by atoms with E-state index in [-0.39, 0.29) is 5.56 Å². The number of nitrogens with one attached hydrogen (secondary N) is 2. The van der Waals surface area contributed by atoms with E-state index in [9.17, 15) is 4.79 Å². The monoisotopic (exact) mass is 372 g/mol. The van der Waals surface area contributed by atoms with Crippen LogP contribution in [0.5, 0.6) is 5.75 Å². The Morgan fingerprint density at radius 3 is 2.57 bits per heavy atom. The molecule has 0 radical (unpaired) electrons. The summed E-state index contributed by atoms with van der Waals surface area (Å²) in [5, 5.41) is 4.83. The summed E-state index contributed by atoms with van der Waals surface area (Å²) in [5.41, 5.74) is 10.0. The molecule has 0 saturated heterocycles. The fourth-order valence-corrected chi connectivity index (χ4v) is 3.30. The first-order valence-electron chi connectivity index (χ1n) is 8.85. The Hall–Kier alpha value is -3.80. The second-order valence-corrected chi connectivity index (χ2v) is 6.54. The molecule has 0 atom stereocenters. The van der Waals surface area contributed by atoms with Crippen molar-refractivity contribution in [1.29, 1.82) is 0 Å². The van der Waals surface area contributed by atoms with Gasteiger partial charge in [0.15, 0.2) is 0 Å². The van der Waals surface area contributed by atoms with Gasteiger partial charge < -0.3 is 20.8 Å². The number of nitrogen functional groups attached to an aromatic ring is 1. The van der Waals surface area contributed by atoms with E-state index in [0.29, 0.717) is 11.2 Å². The number of hydrogen-bond donors (Lipinski definition) is 3. The molecule has 140 valence electrons. The zero-order valence-corrected chi connectivity index (χ0v) is 15.6. The topological polar surface area (TPSA) is 93.0 Å². The van der Waals surface area contributed by atoms with Gasteiger partial charge in [-0.2, -0.15) is 0 Å². The van der Waals surface area contributed by atoms with Crippen LogP contribution in [0.15, 0.2) is 65.7 Å². The molecule has 6 nitrogen and oxygen atoms in total. The summed E-state index contributed by atoms with van der Waals surface area (Å²) in [6, 6.07) is 15.2. The van der Waals surface area contributed by atoms with Crippen LogP contribution in [0, 0.1) is 6.92 Å². The van der Waals surface area contributed by atoms with Gasteiger partial charge >= 0.3 is 0 Å². The number of aryl methyl sites for hydroxylation is 1. The number of anilines is 3. The smallest absolute Gasteiger partial charge is 0.257 e. The molecule has 0 aliphatic carbocycles. The van der Waals surface area contributed by atoms with Crippen LogP contribution in [0.2, 0.25) is 0 Å². The lowest BCUT2D eigenvalue weighted by molar-refractivity contribution is 0.415. The van der Waals surface area contributed by atoms with Crippen molar-refractivity contribution >= 4 is 28.0 Å². The molecule has 0 spiro atoms. The highest BCUT2D eigenvalue weighted by Crippen LogP contribution is 2.35.